The Hall–Kier alpha value is -1.36. The van der Waals surface area contributed by atoms with Crippen LogP contribution in [0.3, 0.4) is 0 Å². The smallest absolute Gasteiger partial charge is 0.124 e. The van der Waals surface area contributed by atoms with E-state index in [0.29, 0.717) is 12.6 Å². The number of nitrogens with zero attached hydrogens (tertiary/aromatic N) is 2. The van der Waals surface area contributed by atoms with Gasteiger partial charge in [-0.25, -0.2) is 0 Å². The fourth-order valence-corrected chi connectivity index (χ4v) is 2.66. The summed E-state index contributed by atoms with van der Waals surface area (Å²) in [5, 5.41) is 4.72. The van der Waals surface area contributed by atoms with Crippen molar-refractivity contribution in [3.63, 3.8) is 0 Å². The predicted octanol–water partition coefficient (Wildman–Crippen LogP) is 3.29. The highest BCUT2D eigenvalue weighted by Crippen LogP contribution is 2.27. The number of rotatable bonds is 3. The van der Waals surface area contributed by atoms with E-state index in [1.807, 2.05) is 24.3 Å². The minimum absolute atomic E-state index is 0.0526. The maximum absolute atomic E-state index is 6.05. The summed E-state index contributed by atoms with van der Waals surface area (Å²) in [6.07, 6.45) is 1.66. The molecule has 0 bridgehead atoms. The van der Waals surface area contributed by atoms with Gasteiger partial charge in [-0.1, -0.05) is 28.9 Å². The Morgan fingerprint density at radius 3 is 3.05 bits per heavy atom. The summed E-state index contributed by atoms with van der Waals surface area (Å²) in [6.45, 7) is 4.47. The van der Waals surface area contributed by atoms with Gasteiger partial charge < -0.3 is 9.26 Å². The lowest BCUT2D eigenvalue weighted by molar-refractivity contribution is -0.0638. The van der Waals surface area contributed by atoms with Crippen molar-refractivity contribution in [3.8, 4) is 0 Å². The molecule has 5 heteroatoms. The van der Waals surface area contributed by atoms with Crippen molar-refractivity contribution in [2.45, 2.75) is 25.6 Å². The molecular weight excluding hydrogens is 276 g/mol. The van der Waals surface area contributed by atoms with Crippen LogP contribution in [0.4, 0.5) is 0 Å². The molecule has 0 N–H and O–H groups in total. The van der Waals surface area contributed by atoms with Gasteiger partial charge in [0.25, 0.3) is 0 Å². The van der Waals surface area contributed by atoms with Crippen molar-refractivity contribution in [3.05, 3.63) is 52.9 Å². The second-order valence-corrected chi connectivity index (χ2v) is 5.58. The first kappa shape index (κ1) is 13.6. The lowest BCUT2D eigenvalue weighted by Crippen LogP contribution is -2.44. The molecule has 1 fully saturated rings. The topological polar surface area (TPSA) is 38.5 Å². The highest BCUT2D eigenvalue weighted by molar-refractivity contribution is 6.30. The van der Waals surface area contributed by atoms with Crippen molar-refractivity contribution in [2.75, 3.05) is 13.2 Å². The molecule has 0 amide bonds. The van der Waals surface area contributed by atoms with Gasteiger partial charge in [0, 0.05) is 30.2 Å². The Bertz CT molecular complexity index is 559. The zero-order chi connectivity index (χ0) is 13.9. The molecule has 0 saturated carbocycles. The molecule has 2 atom stereocenters. The maximum Gasteiger partial charge on any atom is 0.124 e. The summed E-state index contributed by atoms with van der Waals surface area (Å²) in [6, 6.07) is 10.1. The van der Waals surface area contributed by atoms with Crippen LogP contribution in [-0.4, -0.2) is 29.3 Å². The first-order valence-electron chi connectivity index (χ1n) is 6.73. The molecule has 2 heterocycles. The largest absolute Gasteiger partial charge is 0.371 e. The number of hydrogen-bond acceptors (Lipinski definition) is 4. The first-order valence-corrected chi connectivity index (χ1v) is 7.10. The van der Waals surface area contributed by atoms with E-state index < -0.39 is 0 Å². The molecule has 2 aromatic rings. The Morgan fingerprint density at radius 1 is 1.40 bits per heavy atom. The van der Waals surface area contributed by atoms with Gasteiger partial charge in [0.05, 0.1) is 18.4 Å². The predicted molar refractivity (Wildman–Crippen MR) is 76.5 cm³/mol. The molecule has 0 aliphatic carbocycles. The van der Waals surface area contributed by atoms with Gasteiger partial charge in [0.2, 0.25) is 0 Å². The second-order valence-electron chi connectivity index (χ2n) is 5.15. The molecule has 0 spiro atoms. The van der Waals surface area contributed by atoms with Crippen molar-refractivity contribution in [1.82, 2.24) is 10.1 Å². The van der Waals surface area contributed by atoms with Gasteiger partial charge >= 0.3 is 0 Å². The van der Waals surface area contributed by atoms with Crippen molar-refractivity contribution >= 4 is 11.6 Å². The standard InChI is InChI=1S/C15H17ClN2O2/c1-11-10-19-15(12-3-2-4-13(16)7-12)9-18(11)8-14-5-6-20-17-14/h2-7,11,15H,8-10H2,1H3/t11-,15-/m0/s1. The van der Waals surface area contributed by atoms with E-state index in [4.69, 9.17) is 20.9 Å². The van der Waals surface area contributed by atoms with Gasteiger partial charge in [-0.2, -0.15) is 0 Å². The third-order valence-electron chi connectivity index (χ3n) is 3.64. The van der Waals surface area contributed by atoms with E-state index >= 15 is 0 Å². The fourth-order valence-electron chi connectivity index (χ4n) is 2.46. The van der Waals surface area contributed by atoms with Crippen molar-refractivity contribution in [2.24, 2.45) is 0 Å². The lowest BCUT2D eigenvalue weighted by Gasteiger charge is -2.37. The summed E-state index contributed by atoms with van der Waals surface area (Å²) >= 11 is 6.05. The molecule has 1 saturated heterocycles. The van der Waals surface area contributed by atoms with Crippen LogP contribution in [0.15, 0.2) is 41.1 Å². The SMILES string of the molecule is C[C@H]1CO[C@H](c2cccc(Cl)c2)CN1Cc1ccon1. The molecular formula is C15H17ClN2O2. The zero-order valence-electron chi connectivity index (χ0n) is 11.3. The van der Waals surface area contributed by atoms with E-state index in [2.05, 4.69) is 23.0 Å². The fraction of sp³-hybridized carbons (Fsp3) is 0.400. The minimum atomic E-state index is 0.0526. The van der Waals surface area contributed by atoms with Crippen LogP contribution < -0.4 is 0 Å². The van der Waals surface area contributed by atoms with Gasteiger partial charge in [0.15, 0.2) is 0 Å². The van der Waals surface area contributed by atoms with E-state index in [1.54, 1.807) is 6.26 Å². The van der Waals surface area contributed by atoms with E-state index in [9.17, 15) is 0 Å². The molecule has 1 aromatic carbocycles. The second kappa shape index (κ2) is 5.95. The van der Waals surface area contributed by atoms with Gasteiger partial charge in [-0.05, 0) is 24.6 Å². The number of ether oxygens (including phenoxy) is 1. The molecule has 3 rings (SSSR count). The molecule has 0 unspecified atom stereocenters. The van der Waals surface area contributed by atoms with Crippen LogP contribution in [0, 0.1) is 0 Å². The Balaban J connectivity index is 1.72. The molecule has 1 aromatic heterocycles. The van der Waals surface area contributed by atoms with E-state index in [-0.39, 0.29) is 6.10 Å². The van der Waals surface area contributed by atoms with Crippen LogP contribution in [0.5, 0.6) is 0 Å². The summed E-state index contributed by atoms with van der Waals surface area (Å²) in [4.78, 5) is 2.35. The monoisotopic (exact) mass is 292 g/mol. The number of aromatic nitrogens is 1. The average Bonchev–Trinajstić information content (AvgIpc) is 2.94. The average molecular weight is 293 g/mol. The summed E-state index contributed by atoms with van der Waals surface area (Å²) in [7, 11) is 0. The van der Waals surface area contributed by atoms with E-state index in [0.717, 1.165) is 29.4 Å². The van der Waals surface area contributed by atoms with Gasteiger partial charge in [0.1, 0.15) is 6.26 Å². The lowest BCUT2D eigenvalue weighted by atomic mass is 10.1. The molecule has 1 aliphatic heterocycles. The number of morpholine rings is 1. The van der Waals surface area contributed by atoms with Crippen LogP contribution in [0.25, 0.3) is 0 Å². The highest BCUT2D eigenvalue weighted by Gasteiger charge is 2.27. The van der Waals surface area contributed by atoms with Crippen LogP contribution >= 0.6 is 11.6 Å². The maximum atomic E-state index is 6.05. The molecule has 0 radical (unpaired) electrons. The van der Waals surface area contributed by atoms with Gasteiger partial charge in [-0.3, -0.25) is 4.90 Å². The minimum Gasteiger partial charge on any atom is -0.371 e. The normalized spacial score (nSPS) is 23.9. The Kier molecular flexibility index (Phi) is 4.05. The molecule has 106 valence electrons. The summed E-state index contributed by atoms with van der Waals surface area (Å²) in [5.41, 5.74) is 2.07. The highest BCUT2D eigenvalue weighted by atomic mass is 35.5. The van der Waals surface area contributed by atoms with Crippen LogP contribution in [0.1, 0.15) is 24.3 Å². The van der Waals surface area contributed by atoms with Crippen molar-refractivity contribution in [1.29, 1.82) is 0 Å². The van der Waals surface area contributed by atoms with Crippen LogP contribution in [0.2, 0.25) is 5.02 Å². The Labute approximate surface area is 123 Å². The molecule has 4 nitrogen and oxygen atoms in total. The van der Waals surface area contributed by atoms with Gasteiger partial charge in [-0.15, -0.1) is 0 Å². The van der Waals surface area contributed by atoms with E-state index in [1.165, 1.54) is 0 Å². The third-order valence-corrected chi connectivity index (χ3v) is 3.87. The number of halogens is 1. The Morgan fingerprint density at radius 2 is 2.30 bits per heavy atom. The summed E-state index contributed by atoms with van der Waals surface area (Å²) < 4.78 is 10.8. The third kappa shape index (κ3) is 3.03. The zero-order valence-corrected chi connectivity index (χ0v) is 12.1. The summed E-state index contributed by atoms with van der Waals surface area (Å²) in [5.74, 6) is 0. The first-order chi connectivity index (χ1) is 9.72. The van der Waals surface area contributed by atoms with Crippen LogP contribution in [-0.2, 0) is 11.3 Å². The number of benzene rings is 1. The molecule has 1 aliphatic rings. The number of hydrogen-bond donors (Lipinski definition) is 0. The molecule has 20 heavy (non-hydrogen) atoms. The quantitative estimate of drug-likeness (QED) is 0.870. The van der Waals surface area contributed by atoms with Crippen molar-refractivity contribution < 1.29 is 9.26 Å².